The van der Waals surface area contributed by atoms with Crippen molar-refractivity contribution in [3.8, 4) is 0 Å². The van der Waals surface area contributed by atoms with Crippen molar-refractivity contribution in [3.63, 3.8) is 0 Å². The molecule has 0 aromatic heterocycles. The molecule has 4 heteroatoms. The van der Waals surface area contributed by atoms with E-state index in [1.54, 1.807) is 13.8 Å². The third-order valence-electron chi connectivity index (χ3n) is 3.68. The second-order valence-electron chi connectivity index (χ2n) is 6.54. The molecule has 1 aromatic rings. The SMILES string of the molecule is CCOC(=O)C(CCc1ccc(C(C)(C)C)cc1)C(=O)OCC. The minimum absolute atomic E-state index is 0.108. The van der Waals surface area contributed by atoms with E-state index in [4.69, 9.17) is 9.47 Å². The van der Waals surface area contributed by atoms with Gasteiger partial charge in [-0.25, -0.2) is 0 Å². The average Bonchev–Trinajstić information content (AvgIpc) is 2.47. The lowest BCUT2D eigenvalue weighted by atomic mass is 9.86. The normalized spacial score (nSPS) is 11.4. The van der Waals surface area contributed by atoms with Crippen molar-refractivity contribution in [2.75, 3.05) is 13.2 Å². The van der Waals surface area contributed by atoms with Gasteiger partial charge in [-0.3, -0.25) is 9.59 Å². The smallest absolute Gasteiger partial charge is 0.320 e. The molecule has 0 unspecified atom stereocenters. The Bertz CT molecular complexity index is 493. The molecule has 1 rings (SSSR count). The van der Waals surface area contributed by atoms with E-state index in [1.807, 2.05) is 12.1 Å². The van der Waals surface area contributed by atoms with E-state index < -0.39 is 17.9 Å². The third kappa shape index (κ3) is 6.05. The molecule has 0 saturated heterocycles. The van der Waals surface area contributed by atoms with E-state index in [-0.39, 0.29) is 18.6 Å². The first-order chi connectivity index (χ1) is 10.8. The molecule has 0 aliphatic rings. The van der Waals surface area contributed by atoms with Crippen LogP contribution >= 0.6 is 0 Å². The number of ether oxygens (including phenoxy) is 2. The summed E-state index contributed by atoms with van der Waals surface area (Å²) >= 11 is 0. The highest BCUT2D eigenvalue weighted by molar-refractivity contribution is 5.94. The van der Waals surface area contributed by atoms with Crippen LogP contribution in [0.4, 0.5) is 0 Å². The van der Waals surface area contributed by atoms with Crippen LogP contribution in [0.2, 0.25) is 0 Å². The number of rotatable bonds is 7. The molecule has 0 spiro atoms. The Kier molecular flexibility index (Phi) is 7.27. The molecule has 0 amide bonds. The van der Waals surface area contributed by atoms with Gasteiger partial charge in [0.25, 0.3) is 0 Å². The first-order valence-electron chi connectivity index (χ1n) is 8.22. The van der Waals surface area contributed by atoms with E-state index in [0.29, 0.717) is 12.8 Å². The Hall–Kier alpha value is -1.84. The van der Waals surface area contributed by atoms with Gasteiger partial charge >= 0.3 is 11.9 Å². The Labute approximate surface area is 139 Å². The predicted octanol–water partition coefficient (Wildman–Crippen LogP) is 3.66. The van der Waals surface area contributed by atoms with Crippen LogP contribution in [0.15, 0.2) is 24.3 Å². The molecule has 1 aromatic carbocycles. The lowest BCUT2D eigenvalue weighted by Crippen LogP contribution is -2.28. The van der Waals surface area contributed by atoms with E-state index >= 15 is 0 Å². The van der Waals surface area contributed by atoms with Gasteiger partial charge in [-0.1, -0.05) is 45.0 Å². The lowest BCUT2D eigenvalue weighted by molar-refractivity contribution is -0.161. The molecule has 0 N–H and O–H groups in total. The predicted molar refractivity (Wildman–Crippen MR) is 90.2 cm³/mol. The van der Waals surface area contributed by atoms with Crippen molar-refractivity contribution in [2.24, 2.45) is 5.92 Å². The van der Waals surface area contributed by atoms with Crippen LogP contribution < -0.4 is 0 Å². The highest BCUT2D eigenvalue weighted by atomic mass is 16.6. The summed E-state index contributed by atoms with van der Waals surface area (Å²) in [6.45, 7) is 10.5. The maximum absolute atomic E-state index is 11.9. The molecule has 0 saturated carbocycles. The largest absolute Gasteiger partial charge is 0.465 e. The first kappa shape index (κ1) is 19.2. The van der Waals surface area contributed by atoms with Gasteiger partial charge in [0.05, 0.1) is 13.2 Å². The van der Waals surface area contributed by atoms with Crippen LogP contribution in [-0.4, -0.2) is 25.2 Å². The molecule has 0 aliphatic carbocycles. The van der Waals surface area contributed by atoms with Crippen LogP contribution in [0.1, 0.15) is 52.2 Å². The number of hydrogen-bond donors (Lipinski definition) is 0. The zero-order valence-corrected chi connectivity index (χ0v) is 14.8. The van der Waals surface area contributed by atoms with E-state index in [9.17, 15) is 9.59 Å². The standard InChI is InChI=1S/C19H28O4/c1-6-22-17(20)16(18(21)23-7-2)13-10-14-8-11-15(12-9-14)19(3,4)5/h8-9,11-12,16H,6-7,10,13H2,1-5H3. The molecule has 0 fully saturated rings. The zero-order chi connectivity index (χ0) is 17.5. The topological polar surface area (TPSA) is 52.6 Å². The fraction of sp³-hybridized carbons (Fsp3) is 0.579. The minimum Gasteiger partial charge on any atom is -0.465 e. The number of carbonyl (C=O) groups is 2. The monoisotopic (exact) mass is 320 g/mol. The summed E-state index contributed by atoms with van der Waals surface area (Å²) in [5.74, 6) is -1.85. The second kappa shape index (κ2) is 8.70. The van der Waals surface area contributed by atoms with Gasteiger partial charge in [0.1, 0.15) is 0 Å². The summed E-state index contributed by atoms with van der Waals surface area (Å²) in [5, 5.41) is 0. The molecular formula is C19H28O4. The fourth-order valence-corrected chi connectivity index (χ4v) is 2.30. The summed E-state index contributed by atoms with van der Waals surface area (Å²) in [6.07, 6.45) is 1.03. The zero-order valence-electron chi connectivity index (χ0n) is 14.8. The lowest BCUT2D eigenvalue weighted by Gasteiger charge is -2.19. The van der Waals surface area contributed by atoms with E-state index in [1.165, 1.54) is 5.56 Å². The number of aryl methyl sites for hydroxylation is 1. The first-order valence-corrected chi connectivity index (χ1v) is 8.22. The number of hydrogen-bond acceptors (Lipinski definition) is 4. The van der Waals surface area contributed by atoms with Crippen LogP contribution in [0.3, 0.4) is 0 Å². The Morgan fingerprint density at radius 1 is 0.957 bits per heavy atom. The summed E-state index contributed by atoms with van der Waals surface area (Å²) < 4.78 is 9.97. The Balaban J connectivity index is 2.73. The van der Waals surface area contributed by atoms with Gasteiger partial charge in [0.15, 0.2) is 5.92 Å². The minimum atomic E-state index is -0.850. The second-order valence-corrected chi connectivity index (χ2v) is 6.54. The Morgan fingerprint density at radius 3 is 1.83 bits per heavy atom. The molecule has 0 heterocycles. The van der Waals surface area contributed by atoms with Crippen molar-refractivity contribution in [1.29, 1.82) is 0 Å². The maximum Gasteiger partial charge on any atom is 0.320 e. The molecule has 4 nitrogen and oxygen atoms in total. The van der Waals surface area contributed by atoms with Crippen molar-refractivity contribution in [2.45, 2.75) is 52.9 Å². The van der Waals surface area contributed by atoms with Crippen LogP contribution in [-0.2, 0) is 30.9 Å². The van der Waals surface area contributed by atoms with Crippen LogP contribution in [0.25, 0.3) is 0 Å². The number of carbonyl (C=O) groups excluding carboxylic acids is 2. The van der Waals surface area contributed by atoms with Crippen molar-refractivity contribution < 1.29 is 19.1 Å². The van der Waals surface area contributed by atoms with Gasteiger partial charge in [-0.15, -0.1) is 0 Å². The average molecular weight is 320 g/mol. The number of esters is 2. The van der Waals surface area contributed by atoms with Gasteiger partial charge in [-0.2, -0.15) is 0 Å². The van der Waals surface area contributed by atoms with Gasteiger partial charge < -0.3 is 9.47 Å². The van der Waals surface area contributed by atoms with Gasteiger partial charge in [0.2, 0.25) is 0 Å². The van der Waals surface area contributed by atoms with Crippen molar-refractivity contribution >= 4 is 11.9 Å². The molecule has 0 radical (unpaired) electrons. The van der Waals surface area contributed by atoms with E-state index in [2.05, 4.69) is 32.9 Å². The summed E-state index contributed by atoms with van der Waals surface area (Å²) in [7, 11) is 0. The quantitative estimate of drug-likeness (QED) is 0.568. The molecule has 0 bridgehead atoms. The van der Waals surface area contributed by atoms with Crippen LogP contribution in [0.5, 0.6) is 0 Å². The number of benzene rings is 1. The maximum atomic E-state index is 11.9. The summed E-state index contributed by atoms with van der Waals surface area (Å²) in [6, 6.07) is 8.29. The van der Waals surface area contributed by atoms with Crippen LogP contribution in [0, 0.1) is 5.92 Å². The molecule has 23 heavy (non-hydrogen) atoms. The third-order valence-corrected chi connectivity index (χ3v) is 3.68. The fourth-order valence-electron chi connectivity index (χ4n) is 2.30. The highest BCUT2D eigenvalue weighted by Gasteiger charge is 2.29. The van der Waals surface area contributed by atoms with Crippen molar-refractivity contribution in [1.82, 2.24) is 0 Å². The molecule has 128 valence electrons. The molecule has 0 atom stereocenters. The molecule has 0 aliphatic heterocycles. The van der Waals surface area contributed by atoms with Gasteiger partial charge in [-0.05, 0) is 43.2 Å². The highest BCUT2D eigenvalue weighted by Crippen LogP contribution is 2.23. The summed E-state index contributed by atoms with van der Waals surface area (Å²) in [4.78, 5) is 23.9. The van der Waals surface area contributed by atoms with Gasteiger partial charge in [0, 0.05) is 0 Å². The Morgan fingerprint density at radius 2 is 1.43 bits per heavy atom. The van der Waals surface area contributed by atoms with E-state index in [0.717, 1.165) is 5.56 Å². The molecular weight excluding hydrogens is 292 g/mol. The summed E-state index contributed by atoms with van der Waals surface area (Å²) in [5.41, 5.74) is 2.46. The van der Waals surface area contributed by atoms with Crippen molar-refractivity contribution in [3.05, 3.63) is 35.4 Å².